The van der Waals surface area contributed by atoms with Gasteiger partial charge in [0.2, 0.25) is 0 Å². The van der Waals surface area contributed by atoms with Crippen molar-refractivity contribution in [2.75, 3.05) is 7.11 Å². The first-order chi connectivity index (χ1) is 8.06. The number of aliphatic hydroxyl groups excluding tert-OH is 1. The lowest BCUT2D eigenvalue weighted by atomic mass is 10.0. The average Bonchev–Trinajstić information content (AvgIpc) is 2.76. The third-order valence-corrected chi connectivity index (χ3v) is 3.45. The Labute approximate surface area is 104 Å². The first-order valence-corrected chi connectivity index (χ1v) is 5.73. The van der Waals surface area contributed by atoms with Gasteiger partial charge in [-0.05, 0) is 36.5 Å². The van der Waals surface area contributed by atoms with Crippen molar-refractivity contribution in [1.29, 1.82) is 0 Å². The minimum absolute atomic E-state index is 0.227. The second-order valence-corrected chi connectivity index (χ2v) is 4.42. The lowest BCUT2D eigenvalue weighted by molar-refractivity contribution is -0.147. The third-order valence-electron chi connectivity index (χ3n) is 3.05. The molecule has 1 aliphatic carbocycles. The van der Waals surface area contributed by atoms with Gasteiger partial charge in [0.25, 0.3) is 0 Å². The summed E-state index contributed by atoms with van der Waals surface area (Å²) in [5, 5.41) is 18.9. The second-order valence-electron chi connectivity index (χ2n) is 4.05. The lowest BCUT2D eigenvalue weighted by Gasteiger charge is -2.16. The number of carboxylic acid groups (broad SMARTS) is 1. The van der Waals surface area contributed by atoms with Crippen molar-refractivity contribution < 1.29 is 19.7 Å². The number of carbonyl (C=O) groups is 1. The monoisotopic (exact) mass is 256 g/mol. The van der Waals surface area contributed by atoms with Crippen LogP contribution in [0.3, 0.4) is 0 Å². The van der Waals surface area contributed by atoms with Crippen molar-refractivity contribution in [3.8, 4) is 5.75 Å². The van der Waals surface area contributed by atoms with Crippen LogP contribution in [0, 0.1) is 0 Å². The molecule has 17 heavy (non-hydrogen) atoms. The van der Waals surface area contributed by atoms with E-state index in [9.17, 15) is 9.90 Å². The molecule has 0 heterocycles. The Kier molecular flexibility index (Phi) is 3.26. The van der Waals surface area contributed by atoms with Crippen LogP contribution >= 0.6 is 11.6 Å². The molecule has 0 saturated carbocycles. The number of benzene rings is 1. The van der Waals surface area contributed by atoms with Gasteiger partial charge < -0.3 is 14.9 Å². The predicted molar refractivity (Wildman–Crippen MR) is 62.6 cm³/mol. The number of carboxylic acids is 1. The van der Waals surface area contributed by atoms with E-state index in [1.807, 2.05) is 0 Å². The number of halogens is 1. The summed E-state index contributed by atoms with van der Waals surface area (Å²) in [7, 11) is 1.42. The number of aliphatic carboxylic acids is 1. The largest absolute Gasteiger partial charge is 0.495 e. The summed E-state index contributed by atoms with van der Waals surface area (Å²) in [6, 6.07) is 1.69. The van der Waals surface area contributed by atoms with E-state index in [-0.39, 0.29) is 11.3 Å². The highest BCUT2D eigenvalue weighted by Crippen LogP contribution is 2.41. The van der Waals surface area contributed by atoms with Gasteiger partial charge in [0.05, 0.1) is 12.1 Å². The number of ether oxygens (including phenoxy) is 1. The van der Waals surface area contributed by atoms with Gasteiger partial charge in [0.15, 0.2) is 6.10 Å². The summed E-state index contributed by atoms with van der Waals surface area (Å²) in [4.78, 5) is 10.8. The molecule has 1 aromatic carbocycles. The third kappa shape index (κ3) is 1.98. The molecule has 0 aliphatic heterocycles. The molecule has 92 valence electrons. The van der Waals surface area contributed by atoms with E-state index >= 15 is 0 Å². The Hall–Kier alpha value is -1.26. The lowest BCUT2D eigenvalue weighted by Crippen LogP contribution is -2.12. The molecule has 0 spiro atoms. The fourth-order valence-electron chi connectivity index (χ4n) is 2.24. The predicted octanol–water partition coefficient (Wildman–Crippen LogP) is 1.96. The van der Waals surface area contributed by atoms with Crippen LogP contribution in [-0.2, 0) is 17.6 Å². The van der Waals surface area contributed by atoms with Crippen molar-refractivity contribution in [2.24, 2.45) is 0 Å². The van der Waals surface area contributed by atoms with Crippen LogP contribution in [0.4, 0.5) is 0 Å². The van der Waals surface area contributed by atoms with E-state index < -0.39 is 12.1 Å². The topological polar surface area (TPSA) is 66.8 Å². The number of aryl methyl sites for hydroxylation is 1. The molecule has 5 heteroatoms. The SMILES string of the molecule is COc1c(C(O)C(=O)O)cc2c(c1Cl)CCC2. The molecule has 0 bridgehead atoms. The molecular weight excluding hydrogens is 244 g/mol. The standard InChI is InChI=1S/C12H13ClO4/c1-17-11-8(10(14)12(15)16)5-6-3-2-4-7(6)9(11)13/h5,10,14H,2-4H2,1H3,(H,15,16). The Morgan fingerprint density at radius 1 is 1.53 bits per heavy atom. The van der Waals surface area contributed by atoms with Crippen molar-refractivity contribution in [2.45, 2.75) is 25.4 Å². The summed E-state index contributed by atoms with van der Waals surface area (Å²) in [5.41, 5.74) is 2.24. The molecule has 2 N–H and O–H groups in total. The van der Waals surface area contributed by atoms with Crippen molar-refractivity contribution in [3.63, 3.8) is 0 Å². The maximum absolute atomic E-state index is 10.8. The van der Waals surface area contributed by atoms with E-state index in [1.165, 1.54) is 7.11 Å². The van der Waals surface area contributed by atoms with E-state index in [0.29, 0.717) is 5.02 Å². The molecule has 1 unspecified atom stereocenters. The van der Waals surface area contributed by atoms with Crippen LogP contribution in [-0.4, -0.2) is 23.3 Å². The minimum atomic E-state index is -1.60. The number of methoxy groups -OCH3 is 1. The minimum Gasteiger partial charge on any atom is -0.495 e. The molecular formula is C12H13ClO4. The van der Waals surface area contributed by atoms with E-state index in [1.54, 1.807) is 6.07 Å². The summed E-state index contributed by atoms with van der Waals surface area (Å²) in [6.07, 6.45) is 1.12. The zero-order valence-electron chi connectivity index (χ0n) is 9.36. The summed E-state index contributed by atoms with van der Waals surface area (Å²) >= 11 is 6.18. The van der Waals surface area contributed by atoms with Gasteiger partial charge in [0.1, 0.15) is 5.75 Å². The molecule has 0 radical (unpaired) electrons. The molecule has 0 amide bonds. The summed E-state index contributed by atoms with van der Waals surface area (Å²) in [6.45, 7) is 0. The highest BCUT2D eigenvalue weighted by Gasteiger charge is 2.27. The van der Waals surface area contributed by atoms with E-state index in [4.69, 9.17) is 21.4 Å². The number of hydrogen-bond acceptors (Lipinski definition) is 3. The Bertz CT molecular complexity index is 470. The van der Waals surface area contributed by atoms with Crippen molar-refractivity contribution in [1.82, 2.24) is 0 Å². The number of rotatable bonds is 3. The quantitative estimate of drug-likeness (QED) is 0.868. The van der Waals surface area contributed by atoms with Crippen molar-refractivity contribution >= 4 is 17.6 Å². The molecule has 1 aromatic rings. The zero-order valence-corrected chi connectivity index (χ0v) is 10.1. The smallest absolute Gasteiger partial charge is 0.337 e. The Morgan fingerprint density at radius 3 is 2.82 bits per heavy atom. The number of aliphatic hydroxyl groups is 1. The fraction of sp³-hybridized carbons (Fsp3) is 0.417. The van der Waals surface area contributed by atoms with Gasteiger partial charge >= 0.3 is 5.97 Å². The molecule has 0 fully saturated rings. The molecule has 2 rings (SSSR count). The number of hydrogen-bond donors (Lipinski definition) is 2. The van der Waals surface area contributed by atoms with Gasteiger partial charge in [-0.3, -0.25) is 0 Å². The Morgan fingerprint density at radius 2 is 2.24 bits per heavy atom. The molecule has 1 atom stereocenters. The normalized spacial score (nSPS) is 15.5. The van der Waals surface area contributed by atoms with Gasteiger partial charge in [0, 0.05) is 5.56 Å². The first kappa shape index (κ1) is 12.2. The van der Waals surface area contributed by atoms with Crippen molar-refractivity contribution in [3.05, 3.63) is 27.8 Å². The number of fused-ring (bicyclic) bond motifs is 1. The fourth-order valence-corrected chi connectivity index (χ4v) is 2.64. The van der Waals surface area contributed by atoms with Crippen LogP contribution in [0.2, 0.25) is 5.02 Å². The van der Waals surface area contributed by atoms with Crippen LogP contribution in [0.1, 0.15) is 29.2 Å². The molecule has 0 aromatic heterocycles. The summed E-state index contributed by atoms with van der Waals surface area (Å²) < 4.78 is 5.12. The van der Waals surface area contributed by atoms with E-state index in [0.717, 1.165) is 30.4 Å². The molecule has 1 aliphatic rings. The zero-order chi connectivity index (χ0) is 12.6. The Balaban J connectivity index is 2.59. The molecule has 0 saturated heterocycles. The van der Waals surface area contributed by atoms with E-state index in [2.05, 4.69) is 0 Å². The highest BCUT2D eigenvalue weighted by atomic mass is 35.5. The van der Waals surface area contributed by atoms with Gasteiger partial charge in [-0.15, -0.1) is 0 Å². The van der Waals surface area contributed by atoms with Gasteiger partial charge in [-0.25, -0.2) is 4.79 Å². The highest BCUT2D eigenvalue weighted by molar-refractivity contribution is 6.33. The average molecular weight is 257 g/mol. The first-order valence-electron chi connectivity index (χ1n) is 5.35. The van der Waals surface area contributed by atoms with Gasteiger partial charge in [-0.2, -0.15) is 0 Å². The maximum Gasteiger partial charge on any atom is 0.337 e. The van der Waals surface area contributed by atoms with Crippen LogP contribution in [0.25, 0.3) is 0 Å². The maximum atomic E-state index is 10.8. The molecule has 4 nitrogen and oxygen atoms in total. The summed E-state index contributed by atoms with van der Waals surface area (Å²) in [5.74, 6) is -1.04. The van der Waals surface area contributed by atoms with Crippen LogP contribution in [0.15, 0.2) is 6.07 Å². The van der Waals surface area contributed by atoms with Gasteiger partial charge in [-0.1, -0.05) is 11.6 Å². The second kappa shape index (κ2) is 4.55. The van der Waals surface area contributed by atoms with Crippen LogP contribution in [0.5, 0.6) is 5.75 Å². The van der Waals surface area contributed by atoms with Crippen LogP contribution < -0.4 is 4.74 Å².